The molecular weight excluding hydrogens is 284 g/mol. The van der Waals surface area contributed by atoms with Gasteiger partial charge in [0.15, 0.2) is 0 Å². The van der Waals surface area contributed by atoms with Gasteiger partial charge in [0.1, 0.15) is 6.10 Å². The minimum Gasteiger partial charge on any atom is -0.473 e. The fraction of sp³-hybridized carbons (Fsp3) is 0.500. The van der Waals surface area contributed by atoms with Crippen molar-refractivity contribution in [3.8, 4) is 5.88 Å². The van der Waals surface area contributed by atoms with Gasteiger partial charge >= 0.3 is 0 Å². The van der Waals surface area contributed by atoms with Crippen molar-refractivity contribution < 1.29 is 9.53 Å². The van der Waals surface area contributed by atoms with E-state index < -0.39 is 0 Å². The number of carbonyl (C=O) groups is 1. The van der Waals surface area contributed by atoms with Crippen molar-refractivity contribution in [1.82, 2.24) is 29.9 Å². The first-order valence-electron chi connectivity index (χ1n) is 7.36. The van der Waals surface area contributed by atoms with Crippen LogP contribution in [0.2, 0.25) is 0 Å². The van der Waals surface area contributed by atoms with E-state index >= 15 is 0 Å². The van der Waals surface area contributed by atoms with Gasteiger partial charge in [-0.25, -0.2) is 4.98 Å². The number of hydrogen-bond acceptors (Lipinski definition) is 6. The Morgan fingerprint density at radius 2 is 2.14 bits per heavy atom. The fourth-order valence-corrected chi connectivity index (χ4v) is 2.46. The summed E-state index contributed by atoms with van der Waals surface area (Å²) in [6.45, 7) is 1.98. The first kappa shape index (κ1) is 14.4. The quantitative estimate of drug-likeness (QED) is 0.800. The Kier molecular flexibility index (Phi) is 4.57. The Labute approximate surface area is 128 Å². The molecule has 3 heterocycles. The second-order valence-electron chi connectivity index (χ2n) is 5.16. The molecule has 1 aliphatic rings. The SMILES string of the molecule is O=C(CCn1ccnn1)N1CCC(Oc2cnccn2)CC1. The Bertz CT molecular complexity index is 581. The van der Waals surface area contributed by atoms with Crippen molar-refractivity contribution >= 4 is 5.91 Å². The number of aromatic nitrogens is 5. The van der Waals surface area contributed by atoms with E-state index in [1.165, 1.54) is 0 Å². The van der Waals surface area contributed by atoms with Crippen LogP contribution in [0.1, 0.15) is 19.3 Å². The van der Waals surface area contributed by atoms with Crippen molar-refractivity contribution in [2.45, 2.75) is 31.9 Å². The predicted octanol–water partition coefficient (Wildman–Crippen LogP) is 0.528. The molecule has 1 aliphatic heterocycles. The zero-order valence-electron chi connectivity index (χ0n) is 12.2. The Morgan fingerprint density at radius 3 is 2.82 bits per heavy atom. The summed E-state index contributed by atoms with van der Waals surface area (Å²) in [4.78, 5) is 22.1. The van der Waals surface area contributed by atoms with E-state index in [0.717, 1.165) is 12.8 Å². The molecule has 2 aromatic rings. The van der Waals surface area contributed by atoms with Gasteiger partial charge in [0.2, 0.25) is 11.8 Å². The first-order chi connectivity index (χ1) is 10.8. The summed E-state index contributed by atoms with van der Waals surface area (Å²) in [6.07, 6.45) is 10.4. The molecule has 0 saturated carbocycles. The average Bonchev–Trinajstić information content (AvgIpc) is 3.08. The maximum absolute atomic E-state index is 12.2. The zero-order chi connectivity index (χ0) is 15.2. The molecule has 1 saturated heterocycles. The van der Waals surface area contributed by atoms with Crippen LogP contribution in [0, 0.1) is 0 Å². The Morgan fingerprint density at radius 1 is 1.27 bits per heavy atom. The number of likely N-dealkylation sites (tertiary alicyclic amines) is 1. The smallest absolute Gasteiger partial charge is 0.232 e. The maximum Gasteiger partial charge on any atom is 0.232 e. The van der Waals surface area contributed by atoms with Crippen LogP contribution in [0.25, 0.3) is 0 Å². The molecular formula is C14H18N6O2. The molecule has 0 atom stereocenters. The minimum atomic E-state index is 0.0936. The van der Waals surface area contributed by atoms with E-state index in [2.05, 4.69) is 20.3 Å². The molecule has 3 rings (SSSR count). The number of piperidine rings is 1. The van der Waals surface area contributed by atoms with Crippen molar-refractivity contribution in [3.63, 3.8) is 0 Å². The highest BCUT2D eigenvalue weighted by molar-refractivity contribution is 5.76. The highest BCUT2D eigenvalue weighted by atomic mass is 16.5. The van der Waals surface area contributed by atoms with Crippen molar-refractivity contribution in [1.29, 1.82) is 0 Å². The van der Waals surface area contributed by atoms with Gasteiger partial charge < -0.3 is 9.64 Å². The van der Waals surface area contributed by atoms with Crippen LogP contribution in [-0.2, 0) is 11.3 Å². The predicted molar refractivity (Wildman–Crippen MR) is 76.9 cm³/mol. The van der Waals surface area contributed by atoms with Crippen LogP contribution in [0.4, 0.5) is 0 Å². The maximum atomic E-state index is 12.2. The van der Waals surface area contributed by atoms with Gasteiger partial charge in [-0.15, -0.1) is 5.10 Å². The number of amides is 1. The normalized spacial score (nSPS) is 15.7. The highest BCUT2D eigenvalue weighted by Gasteiger charge is 2.24. The summed E-state index contributed by atoms with van der Waals surface area (Å²) in [5.74, 6) is 0.687. The second kappa shape index (κ2) is 6.97. The molecule has 0 unspecified atom stereocenters. The lowest BCUT2D eigenvalue weighted by atomic mass is 10.1. The third-order valence-corrected chi connectivity index (χ3v) is 3.65. The lowest BCUT2D eigenvalue weighted by molar-refractivity contribution is -0.133. The standard InChI is InChI=1S/C14H18N6O2/c21-14(3-9-20-10-6-17-18-20)19-7-1-12(2-8-19)22-13-11-15-4-5-16-13/h4-6,10-12H,1-3,7-9H2. The van der Waals surface area contributed by atoms with Crippen LogP contribution >= 0.6 is 0 Å². The van der Waals surface area contributed by atoms with E-state index in [0.29, 0.717) is 31.9 Å². The molecule has 8 nitrogen and oxygen atoms in total. The lowest BCUT2D eigenvalue weighted by Crippen LogP contribution is -2.42. The van der Waals surface area contributed by atoms with Crippen LogP contribution < -0.4 is 4.74 Å². The molecule has 116 valence electrons. The van der Waals surface area contributed by atoms with Crippen LogP contribution in [-0.4, -0.2) is 55.0 Å². The summed E-state index contributed by atoms with van der Waals surface area (Å²) in [7, 11) is 0. The van der Waals surface area contributed by atoms with Gasteiger partial charge in [0, 0.05) is 50.9 Å². The number of rotatable bonds is 5. The summed E-state index contributed by atoms with van der Waals surface area (Å²) < 4.78 is 7.44. The Balaban J connectivity index is 1.42. The average molecular weight is 302 g/mol. The van der Waals surface area contributed by atoms with Gasteiger partial charge in [0.05, 0.1) is 18.9 Å². The van der Waals surface area contributed by atoms with E-state index in [1.807, 2.05) is 4.90 Å². The van der Waals surface area contributed by atoms with Crippen LogP contribution in [0.3, 0.4) is 0 Å². The number of hydrogen-bond donors (Lipinski definition) is 0. The van der Waals surface area contributed by atoms with E-state index in [-0.39, 0.29) is 12.0 Å². The zero-order valence-corrected chi connectivity index (χ0v) is 12.2. The van der Waals surface area contributed by atoms with Crippen LogP contribution in [0.5, 0.6) is 5.88 Å². The highest BCUT2D eigenvalue weighted by Crippen LogP contribution is 2.17. The van der Waals surface area contributed by atoms with Crippen molar-refractivity contribution in [2.75, 3.05) is 13.1 Å². The first-order valence-corrected chi connectivity index (χ1v) is 7.36. The molecule has 8 heteroatoms. The van der Waals surface area contributed by atoms with Crippen molar-refractivity contribution in [3.05, 3.63) is 31.0 Å². The molecule has 2 aromatic heterocycles. The number of nitrogens with zero attached hydrogens (tertiary/aromatic N) is 6. The molecule has 0 bridgehead atoms. The topological polar surface area (TPSA) is 86.0 Å². The number of aryl methyl sites for hydroxylation is 1. The molecule has 0 aromatic carbocycles. The van der Waals surface area contributed by atoms with Crippen molar-refractivity contribution in [2.24, 2.45) is 0 Å². The number of ether oxygens (including phenoxy) is 1. The lowest BCUT2D eigenvalue weighted by Gasteiger charge is -2.31. The van der Waals surface area contributed by atoms with Gasteiger partial charge in [-0.3, -0.25) is 14.5 Å². The summed E-state index contributed by atoms with van der Waals surface area (Å²) in [5.41, 5.74) is 0. The Hall–Kier alpha value is -2.51. The monoisotopic (exact) mass is 302 g/mol. The van der Waals surface area contributed by atoms with Gasteiger partial charge in [-0.1, -0.05) is 5.21 Å². The van der Waals surface area contributed by atoms with Gasteiger partial charge in [0.25, 0.3) is 0 Å². The van der Waals surface area contributed by atoms with E-state index in [9.17, 15) is 4.79 Å². The molecule has 1 amide bonds. The largest absolute Gasteiger partial charge is 0.473 e. The minimum absolute atomic E-state index is 0.0936. The van der Waals surface area contributed by atoms with Gasteiger partial charge in [-0.05, 0) is 0 Å². The molecule has 0 aliphatic carbocycles. The van der Waals surface area contributed by atoms with Gasteiger partial charge in [-0.2, -0.15) is 0 Å². The molecule has 1 fully saturated rings. The summed E-state index contributed by atoms with van der Waals surface area (Å²) >= 11 is 0. The summed E-state index contributed by atoms with van der Waals surface area (Å²) in [5, 5.41) is 7.58. The molecule has 0 spiro atoms. The fourth-order valence-electron chi connectivity index (χ4n) is 2.46. The molecule has 0 radical (unpaired) electrons. The van der Waals surface area contributed by atoms with E-state index in [4.69, 9.17) is 4.74 Å². The van der Waals surface area contributed by atoms with Crippen LogP contribution in [0.15, 0.2) is 31.0 Å². The number of carbonyl (C=O) groups excluding carboxylic acids is 1. The third kappa shape index (κ3) is 3.78. The third-order valence-electron chi connectivity index (χ3n) is 3.65. The molecule has 22 heavy (non-hydrogen) atoms. The summed E-state index contributed by atoms with van der Waals surface area (Å²) in [6, 6.07) is 0. The second-order valence-corrected chi connectivity index (χ2v) is 5.16. The molecule has 0 N–H and O–H groups in total. The van der Waals surface area contributed by atoms with E-state index in [1.54, 1.807) is 35.7 Å².